The first-order chi connectivity index (χ1) is 3.91. The van der Waals surface area contributed by atoms with Crippen LogP contribution in [0.1, 0.15) is 0 Å². The summed E-state index contributed by atoms with van der Waals surface area (Å²) in [7, 11) is 3.68. The second kappa shape index (κ2) is 91.1. The lowest BCUT2D eigenvalue weighted by Gasteiger charge is -1.76. The Balaban J connectivity index is -0.0000000221. The van der Waals surface area contributed by atoms with E-state index < -0.39 is 0 Å². The lowest BCUT2D eigenvalue weighted by atomic mass is 11.2. The van der Waals surface area contributed by atoms with Crippen LogP contribution in [-0.2, 0) is 0 Å². The molecule has 62 valence electrons. The van der Waals surface area contributed by atoms with Crippen molar-refractivity contribution in [2.24, 2.45) is 0 Å². The third-order valence-corrected chi connectivity index (χ3v) is 0.158. The maximum atomic E-state index is 7.76. The second-order valence-electron chi connectivity index (χ2n) is 0.512. The Morgan fingerprint density at radius 2 is 1.22 bits per heavy atom. The number of aliphatic hydroxyl groups is 3. The van der Waals surface area contributed by atoms with Crippen LogP contribution in [0.2, 0.25) is 0 Å². The van der Waals surface area contributed by atoms with Crippen LogP contribution < -0.4 is 5.32 Å². The fourth-order valence-corrected chi connectivity index (χ4v) is 0. The molecule has 0 bridgehead atoms. The molecule has 0 aliphatic rings. The molecule has 0 spiro atoms. The topological polar surface area (TPSA) is 72.7 Å². The first kappa shape index (κ1) is 22.9. The second-order valence-corrected chi connectivity index (χ2v) is 0.512. The van der Waals surface area contributed by atoms with E-state index >= 15 is 0 Å². The fourth-order valence-electron chi connectivity index (χ4n) is 0. The predicted molar refractivity (Wildman–Crippen MR) is 39.7 cm³/mol. The largest absolute Gasteiger partial charge is 0.400 e. The Bertz CT molecular complexity index is 17.8. The molecule has 0 rings (SSSR count). The molecule has 4 N–H and O–H groups in total. The summed E-state index contributed by atoms with van der Waals surface area (Å²) >= 11 is 0. The van der Waals surface area contributed by atoms with Gasteiger partial charge in [0.25, 0.3) is 0 Å². The van der Waals surface area contributed by atoms with Crippen molar-refractivity contribution < 1.29 is 15.3 Å². The van der Waals surface area contributed by atoms with Crippen molar-refractivity contribution >= 4 is 12.4 Å². The molecule has 0 amide bonds. The normalized spacial score (nSPS) is 4.67. The van der Waals surface area contributed by atoms with Gasteiger partial charge in [0.1, 0.15) is 0 Å². The van der Waals surface area contributed by atoms with Gasteiger partial charge in [0, 0.05) is 14.2 Å². The van der Waals surface area contributed by atoms with Gasteiger partial charge in [-0.2, -0.15) is 0 Å². The third-order valence-electron chi connectivity index (χ3n) is 0.158. The van der Waals surface area contributed by atoms with Gasteiger partial charge < -0.3 is 15.3 Å². The third kappa shape index (κ3) is 239. The number of aliphatic hydroxyl groups excluding tert-OH is 3. The molecule has 0 aromatic carbocycles. The van der Waals surface area contributed by atoms with E-state index in [9.17, 15) is 0 Å². The summed E-state index contributed by atoms with van der Waals surface area (Å²) in [5.41, 5.74) is 0. The highest BCUT2D eigenvalue weighted by molar-refractivity contribution is 5.85. The molecule has 0 fully saturated rings. The summed E-state index contributed by atoms with van der Waals surface area (Å²) in [4.78, 5) is 0. The Hall–Kier alpha value is 0.130. The maximum Gasteiger partial charge on any atom is 0.0929 e. The Morgan fingerprint density at radius 3 is 1.22 bits per heavy atom. The Kier molecular flexibility index (Phi) is 232. The minimum atomic E-state index is 0. The van der Waals surface area contributed by atoms with Gasteiger partial charge in [0.15, 0.2) is 0 Å². The molecule has 0 heterocycles. The number of hydrogen-bond donors (Lipinski definition) is 4. The molecule has 0 saturated heterocycles. The van der Waals surface area contributed by atoms with Gasteiger partial charge in [-0.3, -0.25) is 5.32 Å². The predicted octanol–water partition coefficient (Wildman–Crippen LogP) is -1.21. The molecule has 9 heavy (non-hydrogen) atoms. The van der Waals surface area contributed by atoms with Crippen molar-refractivity contribution in [3.05, 3.63) is 0 Å². The minimum absolute atomic E-state index is 0. The molecular formula is C4H16ClNO3. The Morgan fingerprint density at radius 1 is 1.11 bits per heavy atom. The quantitative estimate of drug-likeness (QED) is 0.365. The standard InChI is InChI=1S/C2H7NO.2CH4O.ClH/c1-3-2-4;2*1-2;/h3-4H,2H2,1H3;2*2H,1H3;1H. The van der Waals surface area contributed by atoms with Crippen LogP contribution in [0.4, 0.5) is 0 Å². The van der Waals surface area contributed by atoms with E-state index in [0.717, 1.165) is 14.2 Å². The number of hydrogen-bond acceptors (Lipinski definition) is 4. The van der Waals surface area contributed by atoms with Crippen LogP contribution in [-0.4, -0.2) is 43.3 Å². The summed E-state index contributed by atoms with van der Waals surface area (Å²) in [6.45, 7) is 0.0694. The van der Waals surface area contributed by atoms with Gasteiger partial charge in [-0.05, 0) is 7.05 Å². The van der Waals surface area contributed by atoms with Gasteiger partial charge in [-0.1, -0.05) is 0 Å². The number of halogens is 1. The van der Waals surface area contributed by atoms with E-state index in [4.69, 9.17) is 15.3 Å². The van der Waals surface area contributed by atoms with E-state index in [1.807, 2.05) is 0 Å². The molecular weight excluding hydrogens is 146 g/mol. The van der Waals surface area contributed by atoms with Crippen LogP contribution in [0.5, 0.6) is 0 Å². The van der Waals surface area contributed by atoms with E-state index in [1.54, 1.807) is 7.05 Å². The lowest BCUT2D eigenvalue weighted by molar-refractivity contribution is 0.273. The highest BCUT2D eigenvalue weighted by Crippen LogP contribution is 1.24. The van der Waals surface area contributed by atoms with E-state index in [0.29, 0.717) is 0 Å². The van der Waals surface area contributed by atoms with Gasteiger partial charge in [0.05, 0.1) is 6.73 Å². The van der Waals surface area contributed by atoms with Gasteiger partial charge in [-0.15, -0.1) is 12.4 Å². The van der Waals surface area contributed by atoms with Gasteiger partial charge in [-0.25, -0.2) is 0 Å². The van der Waals surface area contributed by atoms with Gasteiger partial charge in [0.2, 0.25) is 0 Å². The molecule has 0 unspecified atom stereocenters. The van der Waals surface area contributed by atoms with Crippen molar-refractivity contribution in [3.63, 3.8) is 0 Å². The summed E-state index contributed by atoms with van der Waals surface area (Å²) < 4.78 is 0. The number of nitrogens with one attached hydrogen (secondary N) is 1. The molecule has 0 saturated carbocycles. The van der Waals surface area contributed by atoms with Crippen molar-refractivity contribution in [1.29, 1.82) is 0 Å². The molecule has 0 aromatic heterocycles. The molecule has 5 heteroatoms. The average Bonchev–Trinajstić information content (AvgIpc) is 1.96. The van der Waals surface area contributed by atoms with Crippen LogP contribution in [0.15, 0.2) is 0 Å². The molecule has 0 aliphatic carbocycles. The molecule has 0 aliphatic heterocycles. The first-order valence-corrected chi connectivity index (χ1v) is 2.06. The van der Waals surface area contributed by atoms with E-state index in [2.05, 4.69) is 5.32 Å². The summed E-state index contributed by atoms with van der Waals surface area (Å²) in [6, 6.07) is 0. The molecule has 0 radical (unpaired) electrons. The SMILES string of the molecule is CNCO.CO.CO.Cl. The summed E-state index contributed by atoms with van der Waals surface area (Å²) in [6.07, 6.45) is 0. The Labute approximate surface area is 61.9 Å². The lowest BCUT2D eigenvalue weighted by Crippen LogP contribution is -2.04. The van der Waals surface area contributed by atoms with Crippen molar-refractivity contribution in [1.82, 2.24) is 5.32 Å². The van der Waals surface area contributed by atoms with Crippen molar-refractivity contribution in [2.45, 2.75) is 0 Å². The first-order valence-electron chi connectivity index (χ1n) is 2.06. The monoisotopic (exact) mass is 161 g/mol. The van der Waals surface area contributed by atoms with Gasteiger partial charge >= 0.3 is 0 Å². The highest BCUT2D eigenvalue weighted by atomic mass is 35.5. The summed E-state index contributed by atoms with van der Waals surface area (Å²) in [5, 5.41) is 24.2. The molecule has 0 aromatic rings. The van der Waals surface area contributed by atoms with Crippen LogP contribution in [0.25, 0.3) is 0 Å². The van der Waals surface area contributed by atoms with Crippen LogP contribution in [0.3, 0.4) is 0 Å². The van der Waals surface area contributed by atoms with E-state index in [-0.39, 0.29) is 19.1 Å². The zero-order valence-corrected chi connectivity index (χ0v) is 6.77. The zero-order chi connectivity index (χ0) is 7.41. The number of rotatable bonds is 1. The highest BCUT2D eigenvalue weighted by Gasteiger charge is 1.50. The average molecular weight is 162 g/mol. The summed E-state index contributed by atoms with van der Waals surface area (Å²) in [5.74, 6) is 0. The minimum Gasteiger partial charge on any atom is -0.400 e. The van der Waals surface area contributed by atoms with Crippen LogP contribution in [0, 0.1) is 0 Å². The maximum absolute atomic E-state index is 7.76. The van der Waals surface area contributed by atoms with Crippen molar-refractivity contribution in [2.75, 3.05) is 28.0 Å². The fraction of sp³-hybridized carbons (Fsp3) is 1.00. The van der Waals surface area contributed by atoms with Crippen molar-refractivity contribution in [3.8, 4) is 0 Å². The zero-order valence-electron chi connectivity index (χ0n) is 5.96. The molecule has 4 nitrogen and oxygen atoms in total. The molecule has 0 atom stereocenters. The van der Waals surface area contributed by atoms with E-state index in [1.165, 1.54) is 0 Å². The van der Waals surface area contributed by atoms with Crippen LogP contribution >= 0.6 is 12.4 Å². The smallest absolute Gasteiger partial charge is 0.0929 e.